The summed E-state index contributed by atoms with van der Waals surface area (Å²) in [6, 6.07) is 11.7. The highest BCUT2D eigenvalue weighted by Crippen LogP contribution is 2.34. The summed E-state index contributed by atoms with van der Waals surface area (Å²) in [6.45, 7) is 4.95. The van der Waals surface area contributed by atoms with Gasteiger partial charge in [0.1, 0.15) is 23.9 Å². The maximum atomic E-state index is 12.6. The van der Waals surface area contributed by atoms with Crippen molar-refractivity contribution in [1.82, 2.24) is 0 Å². The van der Waals surface area contributed by atoms with Crippen LogP contribution in [0.3, 0.4) is 0 Å². The van der Waals surface area contributed by atoms with Gasteiger partial charge in [0.05, 0.1) is 0 Å². The summed E-state index contributed by atoms with van der Waals surface area (Å²) in [5.74, 6) is 1.53. The van der Waals surface area contributed by atoms with Crippen molar-refractivity contribution in [2.45, 2.75) is 31.1 Å². The molecule has 0 amide bonds. The lowest BCUT2D eigenvalue weighted by Gasteiger charge is -2.19. The van der Waals surface area contributed by atoms with Gasteiger partial charge in [-0.2, -0.15) is 8.42 Å². The molecule has 0 bridgehead atoms. The van der Waals surface area contributed by atoms with E-state index in [1.807, 2.05) is 19.1 Å². The zero-order valence-electron chi connectivity index (χ0n) is 13.7. The Hall–Kier alpha value is -2.21. The first kappa shape index (κ1) is 16.6. The van der Waals surface area contributed by atoms with Crippen molar-refractivity contribution in [3.8, 4) is 17.2 Å². The maximum absolute atomic E-state index is 12.6. The molecule has 1 atom stereocenters. The molecule has 128 valence electrons. The number of benzene rings is 2. The molecule has 1 aliphatic rings. The molecule has 2 aromatic carbocycles. The van der Waals surface area contributed by atoms with Crippen molar-refractivity contribution in [1.29, 1.82) is 0 Å². The van der Waals surface area contributed by atoms with E-state index in [-0.39, 0.29) is 10.8 Å². The molecule has 0 N–H and O–H groups in total. The van der Waals surface area contributed by atoms with Crippen molar-refractivity contribution in [3.05, 3.63) is 48.0 Å². The number of ether oxygens (including phenoxy) is 2. The van der Waals surface area contributed by atoms with Gasteiger partial charge in [0, 0.05) is 6.07 Å². The molecule has 5 nitrogen and oxygen atoms in total. The van der Waals surface area contributed by atoms with E-state index in [0.29, 0.717) is 30.5 Å². The number of hydrogen-bond acceptors (Lipinski definition) is 5. The second kappa shape index (κ2) is 6.73. The lowest BCUT2D eigenvalue weighted by molar-refractivity contribution is 0.171. The van der Waals surface area contributed by atoms with Crippen LogP contribution in [0.15, 0.2) is 47.4 Å². The lowest BCUT2D eigenvalue weighted by atomic mass is 9.98. The van der Waals surface area contributed by atoms with Crippen molar-refractivity contribution in [2.75, 3.05) is 13.2 Å². The quantitative estimate of drug-likeness (QED) is 0.770. The molecule has 0 spiro atoms. The molecule has 6 heteroatoms. The van der Waals surface area contributed by atoms with Crippen molar-refractivity contribution in [2.24, 2.45) is 0 Å². The molecular weight excluding hydrogens is 328 g/mol. The summed E-state index contributed by atoms with van der Waals surface area (Å²) in [7, 11) is -3.95. The van der Waals surface area contributed by atoms with Crippen molar-refractivity contribution >= 4 is 10.1 Å². The van der Waals surface area contributed by atoms with Crippen LogP contribution < -0.4 is 13.7 Å². The largest absolute Gasteiger partial charge is 0.486 e. The van der Waals surface area contributed by atoms with E-state index < -0.39 is 10.1 Å². The summed E-state index contributed by atoms with van der Waals surface area (Å²) < 4.78 is 41.5. The Morgan fingerprint density at radius 1 is 1.08 bits per heavy atom. The van der Waals surface area contributed by atoms with E-state index in [4.69, 9.17) is 13.7 Å². The van der Waals surface area contributed by atoms with Crippen LogP contribution in [0.4, 0.5) is 0 Å². The number of hydrogen-bond donors (Lipinski definition) is 0. The summed E-state index contributed by atoms with van der Waals surface area (Å²) in [6.07, 6.45) is 0.893. The number of para-hydroxylation sites is 1. The van der Waals surface area contributed by atoms with E-state index in [1.54, 1.807) is 18.2 Å². The molecule has 24 heavy (non-hydrogen) atoms. The number of rotatable bonds is 5. The van der Waals surface area contributed by atoms with Gasteiger partial charge in [-0.25, -0.2) is 0 Å². The third-order valence-corrected chi connectivity index (χ3v) is 5.29. The van der Waals surface area contributed by atoms with E-state index >= 15 is 0 Å². The second-order valence-electron chi connectivity index (χ2n) is 5.69. The summed E-state index contributed by atoms with van der Waals surface area (Å²) >= 11 is 0. The first-order valence-corrected chi connectivity index (χ1v) is 9.35. The van der Waals surface area contributed by atoms with E-state index in [9.17, 15) is 8.42 Å². The van der Waals surface area contributed by atoms with Gasteiger partial charge in [0.25, 0.3) is 0 Å². The predicted molar refractivity (Wildman–Crippen MR) is 90.4 cm³/mol. The molecule has 0 saturated heterocycles. The van der Waals surface area contributed by atoms with Crippen LogP contribution in [0.25, 0.3) is 0 Å². The third kappa shape index (κ3) is 3.33. The van der Waals surface area contributed by atoms with Gasteiger partial charge in [-0.05, 0) is 36.1 Å². The zero-order valence-corrected chi connectivity index (χ0v) is 14.5. The molecule has 0 radical (unpaired) electrons. The normalized spacial score (nSPS) is 14.9. The monoisotopic (exact) mass is 348 g/mol. The fourth-order valence-corrected chi connectivity index (χ4v) is 3.50. The highest BCUT2D eigenvalue weighted by atomic mass is 32.2. The highest BCUT2D eigenvalue weighted by molar-refractivity contribution is 7.87. The van der Waals surface area contributed by atoms with Crippen LogP contribution in [0.5, 0.6) is 17.2 Å². The van der Waals surface area contributed by atoms with Gasteiger partial charge in [-0.3, -0.25) is 0 Å². The first-order valence-electron chi connectivity index (χ1n) is 7.94. The van der Waals surface area contributed by atoms with E-state index in [1.165, 1.54) is 12.1 Å². The Labute approximate surface area is 142 Å². The molecule has 0 aliphatic carbocycles. The minimum atomic E-state index is -3.95. The minimum Gasteiger partial charge on any atom is -0.486 e. The number of fused-ring (bicyclic) bond motifs is 1. The molecule has 0 aromatic heterocycles. The van der Waals surface area contributed by atoms with Crippen LogP contribution in [0.1, 0.15) is 31.7 Å². The zero-order chi connectivity index (χ0) is 17.2. The van der Waals surface area contributed by atoms with Crippen LogP contribution >= 0.6 is 0 Å². The van der Waals surface area contributed by atoms with Crippen LogP contribution in [-0.4, -0.2) is 21.6 Å². The van der Waals surface area contributed by atoms with Gasteiger partial charge in [-0.15, -0.1) is 0 Å². The van der Waals surface area contributed by atoms with Crippen LogP contribution in [0.2, 0.25) is 0 Å². The molecule has 0 saturated carbocycles. The summed E-state index contributed by atoms with van der Waals surface area (Å²) in [4.78, 5) is 0.0469. The highest BCUT2D eigenvalue weighted by Gasteiger charge is 2.23. The summed E-state index contributed by atoms with van der Waals surface area (Å²) in [5, 5.41) is 0. The average molecular weight is 348 g/mol. The Morgan fingerprint density at radius 3 is 2.54 bits per heavy atom. The van der Waals surface area contributed by atoms with Crippen LogP contribution in [-0.2, 0) is 10.1 Å². The molecule has 1 aliphatic heterocycles. The molecule has 1 heterocycles. The Bertz CT molecular complexity index is 829. The predicted octanol–water partition coefficient (Wildman–Crippen LogP) is 3.74. The van der Waals surface area contributed by atoms with Crippen LogP contribution in [0, 0.1) is 0 Å². The SMILES string of the molecule is CCC(C)c1ccccc1OS(=O)(=O)c1ccc2c(c1)OCCO2. The Morgan fingerprint density at radius 2 is 1.79 bits per heavy atom. The summed E-state index contributed by atoms with van der Waals surface area (Å²) in [5.41, 5.74) is 0.876. The topological polar surface area (TPSA) is 61.8 Å². The van der Waals surface area contributed by atoms with Gasteiger partial charge in [0.2, 0.25) is 0 Å². The van der Waals surface area contributed by atoms with Gasteiger partial charge in [-0.1, -0.05) is 32.0 Å². The fourth-order valence-electron chi connectivity index (χ4n) is 2.53. The van der Waals surface area contributed by atoms with Gasteiger partial charge >= 0.3 is 10.1 Å². The van der Waals surface area contributed by atoms with Gasteiger partial charge in [0.15, 0.2) is 11.5 Å². The Kier molecular flexibility index (Phi) is 4.66. The van der Waals surface area contributed by atoms with Crippen molar-refractivity contribution < 1.29 is 22.1 Å². The fraction of sp³-hybridized carbons (Fsp3) is 0.333. The molecule has 1 unspecified atom stereocenters. The van der Waals surface area contributed by atoms with E-state index in [2.05, 4.69) is 6.92 Å². The standard InChI is InChI=1S/C18H20O5S/c1-3-13(2)15-6-4-5-7-16(15)23-24(19,20)14-8-9-17-18(12-14)22-11-10-21-17/h4-9,12-13H,3,10-11H2,1-2H3. The average Bonchev–Trinajstić information content (AvgIpc) is 2.60. The first-order chi connectivity index (χ1) is 11.5. The minimum absolute atomic E-state index is 0.0469. The van der Waals surface area contributed by atoms with E-state index in [0.717, 1.165) is 12.0 Å². The van der Waals surface area contributed by atoms with Crippen molar-refractivity contribution in [3.63, 3.8) is 0 Å². The third-order valence-electron chi connectivity index (χ3n) is 4.06. The smallest absolute Gasteiger partial charge is 0.339 e. The molecule has 0 fully saturated rings. The molecular formula is C18H20O5S. The lowest BCUT2D eigenvalue weighted by Crippen LogP contribution is -2.17. The maximum Gasteiger partial charge on any atom is 0.339 e. The molecule has 3 rings (SSSR count). The Balaban J connectivity index is 1.92. The molecule has 2 aromatic rings. The van der Waals surface area contributed by atoms with Gasteiger partial charge < -0.3 is 13.7 Å². The second-order valence-corrected chi connectivity index (χ2v) is 7.24.